The Kier molecular flexibility index (Phi) is 9.66. The van der Waals surface area contributed by atoms with E-state index in [-0.39, 0.29) is 25.0 Å². The Morgan fingerprint density at radius 1 is 1.10 bits per heavy atom. The van der Waals surface area contributed by atoms with E-state index in [4.69, 9.17) is 27.9 Å². The number of nitrogens with one attached hydrogen (secondary N) is 1. The number of nitrogens with zero attached hydrogens (tertiary/aromatic N) is 1. The summed E-state index contributed by atoms with van der Waals surface area (Å²) < 4.78 is 5.83. The summed E-state index contributed by atoms with van der Waals surface area (Å²) in [7, 11) is 0. The third-order valence-corrected chi connectivity index (χ3v) is 5.73. The molecule has 2 rings (SSSR count). The topological polar surface area (TPSA) is 58.6 Å². The molecule has 2 aromatic rings. The number of benzene rings is 2. The van der Waals surface area contributed by atoms with Crippen molar-refractivity contribution in [2.24, 2.45) is 0 Å². The van der Waals surface area contributed by atoms with Gasteiger partial charge in [-0.1, -0.05) is 55.2 Å². The van der Waals surface area contributed by atoms with Crippen molar-refractivity contribution >= 4 is 35.0 Å². The third-order valence-electron chi connectivity index (χ3n) is 5.02. The van der Waals surface area contributed by atoms with Crippen LogP contribution in [-0.4, -0.2) is 35.9 Å². The standard InChI is InChI=1S/C24H30Cl2N2O3/c1-5-12-27-24(30)21(6-2)28(14-18-19(25)8-7-9-20(18)26)23(29)15-31-22-13-16(3)10-11-17(22)4/h7-11,13,21H,5-6,12,14-15H2,1-4H3,(H,27,30). The smallest absolute Gasteiger partial charge is 0.261 e. The van der Waals surface area contributed by atoms with E-state index >= 15 is 0 Å². The van der Waals surface area contributed by atoms with Gasteiger partial charge < -0.3 is 15.0 Å². The first-order valence-corrected chi connectivity index (χ1v) is 11.2. The van der Waals surface area contributed by atoms with Crippen molar-refractivity contribution in [3.8, 4) is 5.75 Å². The van der Waals surface area contributed by atoms with E-state index in [1.165, 1.54) is 4.90 Å². The molecule has 0 spiro atoms. The molecule has 168 valence electrons. The molecule has 0 saturated heterocycles. The van der Waals surface area contributed by atoms with Crippen LogP contribution in [0.3, 0.4) is 0 Å². The first-order chi connectivity index (χ1) is 14.8. The molecule has 31 heavy (non-hydrogen) atoms. The molecule has 0 aliphatic heterocycles. The zero-order valence-electron chi connectivity index (χ0n) is 18.5. The summed E-state index contributed by atoms with van der Waals surface area (Å²) in [5.74, 6) is 0.135. The lowest BCUT2D eigenvalue weighted by molar-refractivity contribution is -0.143. The van der Waals surface area contributed by atoms with Crippen LogP contribution in [0.1, 0.15) is 43.4 Å². The summed E-state index contributed by atoms with van der Waals surface area (Å²) in [6.45, 7) is 8.21. The molecule has 2 aromatic carbocycles. The second-order valence-electron chi connectivity index (χ2n) is 7.49. The lowest BCUT2D eigenvalue weighted by Gasteiger charge is -2.31. The van der Waals surface area contributed by atoms with Crippen molar-refractivity contribution in [1.82, 2.24) is 10.2 Å². The summed E-state index contributed by atoms with van der Waals surface area (Å²) in [5, 5.41) is 3.78. The molecule has 0 fully saturated rings. The molecule has 1 atom stereocenters. The number of hydrogen-bond acceptors (Lipinski definition) is 3. The molecule has 0 radical (unpaired) electrons. The third kappa shape index (κ3) is 6.88. The van der Waals surface area contributed by atoms with Crippen LogP contribution < -0.4 is 10.1 Å². The minimum Gasteiger partial charge on any atom is -0.483 e. The van der Waals surface area contributed by atoms with Crippen LogP contribution in [0, 0.1) is 13.8 Å². The molecule has 0 aliphatic rings. The van der Waals surface area contributed by atoms with E-state index in [2.05, 4.69) is 5.32 Å². The Hall–Kier alpha value is -2.24. The zero-order valence-corrected chi connectivity index (χ0v) is 20.0. The largest absolute Gasteiger partial charge is 0.483 e. The van der Waals surface area contributed by atoms with E-state index < -0.39 is 6.04 Å². The second kappa shape index (κ2) is 12.0. The van der Waals surface area contributed by atoms with Gasteiger partial charge in [0, 0.05) is 28.7 Å². The van der Waals surface area contributed by atoms with Crippen molar-refractivity contribution < 1.29 is 14.3 Å². The minimum absolute atomic E-state index is 0.117. The maximum atomic E-state index is 13.3. The van der Waals surface area contributed by atoms with Gasteiger partial charge in [0.05, 0.1) is 0 Å². The summed E-state index contributed by atoms with van der Waals surface area (Å²) >= 11 is 12.7. The highest BCUT2D eigenvalue weighted by atomic mass is 35.5. The molecular formula is C24H30Cl2N2O3. The van der Waals surface area contributed by atoms with Gasteiger partial charge in [0.25, 0.3) is 5.91 Å². The predicted octanol–water partition coefficient (Wildman–Crippen LogP) is 5.32. The quantitative estimate of drug-likeness (QED) is 0.517. The van der Waals surface area contributed by atoms with Crippen LogP contribution >= 0.6 is 23.2 Å². The molecule has 1 N–H and O–H groups in total. The number of hydrogen-bond donors (Lipinski definition) is 1. The van der Waals surface area contributed by atoms with Crippen molar-refractivity contribution in [2.75, 3.05) is 13.2 Å². The fourth-order valence-corrected chi connectivity index (χ4v) is 3.74. The van der Waals surface area contributed by atoms with E-state index in [0.29, 0.717) is 34.3 Å². The van der Waals surface area contributed by atoms with Crippen LogP contribution in [0.25, 0.3) is 0 Å². The lowest BCUT2D eigenvalue weighted by Crippen LogP contribution is -2.50. The van der Waals surface area contributed by atoms with Crippen molar-refractivity contribution in [1.29, 1.82) is 0 Å². The van der Waals surface area contributed by atoms with Crippen molar-refractivity contribution in [2.45, 2.75) is 53.1 Å². The van der Waals surface area contributed by atoms with E-state index in [1.807, 2.05) is 45.9 Å². The van der Waals surface area contributed by atoms with Crippen molar-refractivity contribution in [3.05, 3.63) is 63.1 Å². The van der Waals surface area contributed by atoms with Gasteiger partial charge in [-0.15, -0.1) is 0 Å². The Balaban J connectivity index is 2.29. The molecule has 0 aliphatic carbocycles. The molecule has 0 bridgehead atoms. The van der Waals surface area contributed by atoms with Gasteiger partial charge in [0.15, 0.2) is 6.61 Å². The fourth-order valence-electron chi connectivity index (χ4n) is 3.22. The number of halogens is 2. The van der Waals surface area contributed by atoms with Gasteiger partial charge in [0.1, 0.15) is 11.8 Å². The monoisotopic (exact) mass is 464 g/mol. The van der Waals surface area contributed by atoms with Gasteiger partial charge in [-0.05, 0) is 56.0 Å². The van der Waals surface area contributed by atoms with E-state index in [9.17, 15) is 9.59 Å². The highest BCUT2D eigenvalue weighted by Gasteiger charge is 2.30. The van der Waals surface area contributed by atoms with Gasteiger partial charge in [-0.3, -0.25) is 9.59 Å². The first-order valence-electron chi connectivity index (χ1n) is 10.5. The predicted molar refractivity (Wildman–Crippen MR) is 126 cm³/mol. The molecule has 5 nitrogen and oxygen atoms in total. The molecule has 0 heterocycles. The lowest BCUT2D eigenvalue weighted by atomic mass is 10.1. The van der Waals surface area contributed by atoms with Crippen LogP contribution in [0.5, 0.6) is 5.75 Å². The minimum atomic E-state index is -0.659. The summed E-state index contributed by atoms with van der Waals surface area (Å²) in [4.78, 5) is 27.6. The second-order valence-corrected chi connectivity index (χ2v) is 8.31. The number of amides is 2. The molecule has 0 saturated carbocycles. The fraction of sp³-hybridized carbons (Fsp3) is 0.417. The van der Waals surface area contributed by atoms with E-state index in [0.717, 1.165) is 17.5 Å². The van der Waals surface area contributed by atoms with Crippen LogP contribution in [0.4, 0.5) is 0 Å². The maximum absolute atomic E-state index is 13.3. The Bertz CT molecular complexity index is 897. The molecule has 2 amide bonds. The van der Waals surface area contributed by atoms with Crippen LogP contribution in [-0.2, 0) is 16.1 Å². The highest BCUT2D eigenvalue weighted by Crippen LogP contribution is 2.27. The Labute approximate surface area is 194 Å². The normalized spacial score (nSPS) is 11.7. The number of rotatable bonds is 10. The highest BCUT2D eigenvalue weighted by molar-refractivity contribution is 6.36. The number of ether oxygens (including phenoxy) is 1. The number of carbonyl (C=O) groups is 2. The number of carbonyl (C=O) groups excluding carboxylic acids is 2. The molecule has 7 heteroatoms. The molecule has 0 aromatic heterocycles. The average Bonchev–Trinajstić information content (AvgIpc) is 2.74. The van der Waals surface area contributed by atoms with Gasteiger partial charge >= 0.3 is 0 Å². The number of aryl methyl sites for hydroxylation is 2. The SMILES string of the molecule is CCCNC(=O)C(CC)N(Cc1c(Cl)cccc1Cl)C(=O)COc1cc(C)ccc1C. The van der Waals surface area contributed by atoms with Crippen LogP contribution in [0.15, 0.2) is 36.4 Å². The molecular weight excluding hydrogens is 435 g/mol. The zero-order chi connectivity index (χ0) is 23.0. The maximum Gasteiger partial charge on any atom is 0.261 e. The Morgan fingerprint density at radius 2 is 1.77 bits per heavy atom. The van der Waals surface area contributed by atoms with Gasteiger partial charge in [0.2, 0.25) is 5.91 Å². The van der Waals surface area contributed by atoms with Crippen molar-refractivity contribution in [3.63, 3.8) is 0 Å². The summed E-state index contributed by atoms with van der Waals surface area (Å²) in [6.07, 6.45) is 1.26. The summed E-state index contributed by atoms with van der Waals surface area (Å²) in [5.41, 5.74) is 2.58. The van der Waals surface area contributed by atoms with Gasteiger partial charge in [-0.2, -0.15) is 0 Å². The van der Waals surface area contributed by atoms with Crippen LogP contribution in [0.2, 0.25) is 10.0 Å². The van der Waals surface area contributed by atoms with E-state index in [1.54, 1.807) is 18.2 Å². The first kappa shape index (κ1) is 25.0. The van der Waals surface area contributed by atoms with Gasteiger partial charge in [-0.25, -0.2) is 0 Å². The Morgan fingerprint density at radius 3 is 2.39 bits per heavy atom. The average molecular weight is 465 g/mol. The summed E-state index contributed by atoms with van der Waals surface area (Å²) in [6, 6.07) is 10.4. The molecule has 1 unspecified atom stereocenters.